The minimum absolute atomic E-state index is 0.0554. The maximum Gasteiger partial charge on any atom is 0.410 e. The number of amides is 2. The Bertz CT molecular complexity index is 1350. The first-order valence-electron chi connectivity index (χ1n) is 13.2. The number of pyridine rings is 1. The smallest absolute Gasteiger partial charge is 0.410 e. The summed E-state index contributed by atoms with van der Waals surface area (Å²) in [6.45, 7) is 12.3. The Morgan fingerprint density at radius 3 is 2.64 bits per heavy atom. The number of rotatable bonds is 5. The molecule has 1 unspecified atom stereocenters. The molecule has 1 N–H and O–H groups in total. The van der Waals surface area contributed by atoms with E-state index in [2.05, 4.69) is 25.4 Å². The molecule has 208 valence electrons. The van der Waals surface area contributed by atoms with E-state index in [9.17, 15) is 9.59 Å². The average Bonchev–Trinajstić information content (AvgIpc) is 3.51. The number of imidazole rings is 1. The number of nitrogens with zero attached hydrogens (tertiary/aromatic N) is 6. The van der Waals surface area contributed by atoms with Crippen molar-refractivity contribution in [2.24, 2.45) is 0 Å². The second-order valence-electron chi connectivity index (χ2n) is 11.0. The quantitative estimate of drug-likeness (QED) is 0.522. The minimum Gasteiger partial charge on any atom is -0.487 e. The Morgan fingerprint density at radius 2 is 1.97 bits per heavy atom. The molecule has 39 heavy (non-hydrogen) atoms. The number of fused-ring (bicyclic) bond motifs is 1. The summed E-state index contributed by atoms with van der Waals surface area (Å²) in [6, 6.07) is 5.25. The molecule has 12 heteroatoms. The minimum atomic E-state index is -0.541. The lowest BCUT2D eigenvalue weighted by Crippen LogP contribution is -2.55. The van der Waals surface area contributed by atoms with E-state index in [-0.39, 0.29) is 24.1 Å². The molecule has 0 aromatic carbocycles. The van der Waals surface area contributed by atoms with Crippen LogP contribution in [0.15, 0.2) is 30.6 Å². The van der Waals surface area contributed by atoms with Gasteiger partial charge in [-0.3, -0.25) is 4.79 Å². The van der Waals surface area contributed by atoms with Gasteiger partial charge in [-0.2, -0.15) is 0 Å². The van der Waals surface area contributed by atoms with Gasteiger partial charge in [-0.05, 0) is 46.8 Å². The molecule has 3 aromatic heterocycles. The highest BCUT2D eigenvalue weighted by Crippen LogP contribution is 2.26. The molecule has 2 saturated heterocycles. The van der Waals surface area contributed by atoms with Crippen LogP contribution in [0.25, 0.3) is 5.65 Å². The molecule has 2 fully saturated rings. The molecule has 2 amide bonds. The summed E-state index contributed by atoms with van der Waals surface area (Å²) in [4.78, 5) is 34.1. The summed E-state index contributed by atoms with van der Waals surface area (Å²) in [5, 5.41) is 11.4. The molecule has 2 aliphatic rings. The molecule has 0 saturated carbocycles. The number of hydrogen-bond acceptors (Lipinski definition) is 9. The number of ether oxygens (including phenoxy) is 3. The van der Waals surface area contributed by atoms with E-state index in [4.69, 9.17) is 14.2 Å². The molecule has 0 spiro atoms. The number of carbonyl (C=O) groups is 2. The van der Waals surface area contributed by atoms with Crippen LogP contribution in [0, 0.1) is 6.92 Å². The highest BCUT2D eigenvalue weighted by atomic mass is 16.6. The highest BCUT2D eigenvalue weighted by molar-refractivity contribution is 6.05. The number of aryl methyl sites for hydroxylation is 1. The van der Waals surface area contributed by atoms with Crippen molar-refractivity contribution in [3.8, 4) is 5.75 Å². The first-order chi connectivity index (χ1) is 18.6. The van der Waals surface area contributed by atoms with Gasteiger partial charge in [0, 0.05) is 50.6 Å². The molecule has 0 radical (unpaired) electrons. The van der Waals surface area contributed by atoms with Crippen molar-refractivity contribution in [3.05, 3.63) is 41.9 Å². The average molecular weight is 538 g/mol. The monoisotopic (exact) mass is 537 g/mol. The van der Waals surface area contributed by atoms with Gasteiger partial charge in [0.05, 0.1) is 24.5 Å². The summed E-state index contributed by atoms with van der Waals surface area (Å²) >= 11 is 0. The zero-order valence-corrected chi connectivity index (χ0v) is 23.0. The third kappa shape index (κ3) is 6.22. The fourth-order valence-electron chi connectivity index (χ4n) is 4.70. The third-order valence-electron chi connectivity index (χ3n) is 6.57. The highest BCUT2D eigenvalue weighted by Gasteiger charge is 2.31. The lowest BCUT2D eigenvalue weighted by molar-refractivity contribution is 0.0158. The molecular weight excluding hydrogens is 502 g/mol. The van der Waals surface area contributed by atoms with Gasteiger partial charge in [-0.1, -0.05) is 0 Å². The molecular formula is C27H35N7O5. The fourth-order valence-corrected chi connectivity index (χ4v) is 4.70. The van der Waals surface area contributed by atoms with E-state index in [0.29, 0.717) is 61.4 Å². The van der Waals surface area contributed by atoms with Gasteiger partial charge in [0.1, 0.15) is 23.1 Å². The summed E-state index contributed by atoms with van der Waals surface area (Å²) in [5.74, 6) is 1.08. The Hall–Kier alpha value is -3.93. The lowest BCUT2D eigenvalue weighted by Gasteiger charge is -2.40. The van der Waals surface area contributed by atoms with Gasteiger partial charge in [-0.15, -0.1) is 10.2 Å². The molecule has 5 heterocycles. The molecule has 3 aromatic rings. The van der Waals surface area contributed by atoms with Crippen molar-refractivity contribution in [2.45, 2.75) is 58.8 Å². The van der Waals surface area contributed by atoms with Crippen LogP contribution in [0.4, 0.5) is 16.4 Å². The summed E-state index contributed by atoms with van der Waals surface area (Å²) in [7, 11) is 0. The Kier molecular flexibility index (Phi) is 7.30. The number of aromatic nitrogens is 4. The Morgan fingerprint density at radius 1 is 1.15 bits per heavy atom. The van der Waals surface area contributed by atoms with Crippen molar-refractivity contribution < 1.29 is 23.8 Å². The number of nitrogens with one attached hydrogen (secondary N) is 1. The van der Waals surface area contributed by atoms with Crippen LogP contribution in [-0.4, -0.2) is 87.1 Å². The SMILES string of the molecule is Cc1cn2cc(C(=O)Nc3ccc(N4CCN(C(=O)OC(C)(C)C)[C@@H](C)C4)nn3)c(OC3CCOC3)cc2n1. The number of carbonyl (C=O) groups excluding carboxylic acids is 2. The van der Waals surface area contributed by atoms with Gasteiger partial charge < -0.3 is 33.7 Å². The van der Waals surface area contributed by atoms with E-state index < -0.39 is 5.60 Å². The first kappa shape index (κ1) is 26.7. The van der Waals surface area contributed by atoms with Gasteiger partial charge >= 0.3 is 6.09 Å². The summed E-state index contributed by atoms with van der Waals surface area (Å²) in [6.07, 6.45) is 3.90. The van der Waals surface area contributed by atoms with Crippen LogP contribution < -0.4 is 15.0 Å². The van der Waals surface area contributed by atoms with Gasteiger partial charge in [0.2, 0.25) is 0 Å². The molecule has 5 rings (SSSR count). The van der Waals surface area contributed by atoms with Crippen LogP contribution in [0.5, 0.6) is 5.75 Å². The van der Waals surface area contributed by atoms with Crippen LogP contribution in [-0.2, 0) is 9.47 Å². The van der Waals surface area contributed by atoms with Crippen molar-refractivity contribution >= 4 is 29.3 Å². The van der Waals surface area contributed by atoms with E-state index in [1.54, 1.807) is 27.6 Å². The second-order valence-corrected chi connectivity index (χ2v) is 11.0. The van der Waals surface area contributed by atoms with E-state index in [1.165, 1.54) is 0 Å². The maximum absolute atomic E-state index is 13.3. The topological polar surface area (TPSA) is 123 Å². The van der Waals surface area contributed by atoms with E-state index >= 15 is 0 Å². The number of hydrogen-bond donors (Lipinski definition) is 1. The third-order valence-corrected chi connectivity index (χ3v) is 6.57. The normalized spacial score (nSPS) is 19.8. The number of anilines is 2. The first-order valence-corrected chi connectivity index (χ1v) is 13.2. The van der Waals surface area contributed by atoms with Crippen LogP contribution in [0.3, 0.4) is 0 Å². The predicted molar refractivity (Wildman–Crippen MR) is 144 cm³/mol. The molecule has 12 nitrogen and oxygen atoms in total. The largest absolute Gasteiger partial charge is 0.487 e. The maximum atomic E-state index is 13.3. The Labute approximate surface area is 227 Å². The van der Waals surface area contributed by atoms with Crippen molar-refractivity contribution in [1.82, 2.24) is 24.5 Å². The second kappa shape index (κ2) is 10.7. The Balaban J connectivity index is 1.26. The van der Waals surface area contributed by atoms with Crippen molar-refractivity contribution in [3.63, 3.8) is 0 Å². The fraction of sp³-hybridized carbons (Fsp3) is 0.519. The van der Waals surface area contributed by atoms with Crippen molar-refractivity contribution in [2.75, 3.05) is 43.1 Å². The number of piperazine rings is 1. The summed E-state index contributed by atoms with van der Waals surface area (Å²) < 4.78 is 18.9. The predicted octanol–water partition coefficient (Wildman–Crippen LogP) is 3.30. The van der Waals surface area contributed by atoms with Crippen LogP contribution >= 0.6 is 0 Å². The lowest BCUT2D eigenvalue weighted by atomic mass is 10.2. The standard InChI is InChI=1S/C27H35N7O5/c1-17-13-33-15-20(21(12-24(33)28-17)38-19-8-11-37-16-19)25(35)29-22-6-7-23(31-30-22)32-9-10-34(18(2)14-32)26(36)39-27(3,4)5/h6-7,12-13,15,18-19H,8-11,14,16H2,1-5H3,(H,29,30,35)/t18-,19?/m0/s1. The zero-order chi connectivity index (χ0) is 27.7. The molecule has 2 aliphatic heterocycles. The molecule has 0 aliphatic carbocycles. The van der Waals surface area contributed by atoms with Crippen molar-refractivity contribution in [1.29, 1.82) is 0 Å². The molecule has 2 atom stereocenters. The van der Waals surface area contributed by atoms with Gasteiger partial charge in [0.25, 0.3) is 5.91 Å². The molecule has 0 bridgehead atoms. The van der Waals surface area contributed by atoms with E-state index in [0.717, 1.165) is 12.1 Å². The van der Waals surface area contributed by atoms with E-state index in [1.807, 2.05) is 46.9 Å². The van der Waals surface area contributed by atoms with Gasteiger partial charge in [0.15, 0.2) is 11.6 Å². The van der Waals surface area contributed by atoms with Gasteiger partial charge in [-0.25, -0.2) is 9.78 Å². The zero-order valence-electron chi connectivity index (χ0n) is 23.0. The summed E-state index contributed by atoms with van der Waals surface area (Å²) in [5.41, 5.74) is 1.36. The van der Waals surface area contributed by atoms with Crippen LogP contribution in [0.1, 0.15) is 50.2 Å². The van der Waals surface area contributed by atoms with Crippen LogP contribution in [0.2, 0.25) is 0 Å².